The average Bonchev–Trinajstić information content (AvgIpc) is 3.10. The van der Waals surface area contributed by atoms with Gasteiger partial charge in [0.2, 0.25) is 11.2 Å². The SMILES string of the molecule is COc1ccc(CNc2nc(Cl)nc(N3CC[C@H](NC(C)=O)C3)c2N)cc1. The molecule has 1 atom stereocenters. The lowest BCUT2D eigenvalue weighted by Crippen LogP contribution is -2.35. The van der Waals surface area contributed by atoms with Gasteiger partial charge < -0.3 is 26.0 Å². The van der Waals surface area contributed by atoms with Gasteiger partial charge in [0.15, 0.2) is 11.6 Å². The molecule has 27 heavy (non-hydrogen) atoms. The maximum absolute atomic E-state index is 11.3. The number of nitrogens with two attached hydrogens (primary N) is 1. The van der Waals surface area contributed by atoms with Crippen LogP contribution in [0, 0.1) is 0 Å². The van der Waals surface area contributed by atoms with Crippen molar-refractivity contribution in [2.24, 2.45) is 0 Å². The van der Waals surface area contributed by atoms with E-state index in [0.29, 0.717) is 30.4 Å². The Morgan fingerprint density at radius 3 is 2.78 bits per heavy atom. The molecule has 0 unspecified atom stereocenters. The molecule has 1 fully saturated rings. The molecule has 4 N–H and O–H groups in total. The third-order valence-corrected chi connectivity index (χ3v) is 4.58. The number of carbonyl (C=O) groups excluding carboxylic acids is 1. The van der Waals surface area contributed by atoms with Gasteiger partial charge in [-0.2, -0.15) is 9.97 Å². The first kappa shape index (κ1) is 19.0. The molecule has 0 radical (unpaired) electrons. The molecule has 1 aliphatic heterocycles. The molecule has 8 nitrogen and oxygen atoms in total. The summed E-state index contributed by atoms with van der Waals surface area (Å²) >= 11 is 6.11. The van der Waals surface area contributed by atoms with Gasteiger partial charge in [-0.1, -0.05) is 12.1 Å². The molecular formula is C18H23ClN6O2. The number of nitrogen functional groups attached to an aromatic ring is 1. The van der Waals surface area contributed by atoms with Crippen LogP contribution in [0.1, 0.15) is 18.9 Å². The van der Waals surface area contributed by atoms with E-state index in [2.05, 4.69) is 20.6 Å². The Hall–Kier alpha value is -2.74. The highest BCUT2D eigenvalue weighted by molar-refractivity contribution is 6.28. The number of anilines is 3. The van der Waals surface area contributed by atoms with Crippen LogP contribution in [-0.4, -0.2) is 42.1 Å². The predicted octanol–water partition coefficient (Wildman–Crippen LogP) is 2.05. The molecule has 0 aliphatic carbocycles. The monoisotopic (exact) mass is 390 g/mol. The fraction of sp³-hybridized carbons (Fsp3) is 0.389. The van der Waals surface area contributed by atoms with Gasteiger partial charge in [-0.3, -0.25) is 4.79 Å². The van der Waals surface area contributed by atoms with Crippen molar-refractivity contribution in [2.75, 3.05) is 36.1 Å². The maximum Gasteiger partial charge on any atom is 0.226 e. The molecule has 1 saturated heterocycles. The third kappa shape index (κ3) is 4.71. The van der Waals surface area contributed by atoms with Crippen molar-refractivity contribution < 1.29 is 9.53 Å². The lowest BCUT2D eigenvalue weighted by Gasteiger charge is -2.21. The topological polar surface area (TPSA) is 105 Å². The number of aromatic nitrogens is 2. The highest BCUT2D eigenvalue weighted by Gasteiger charge is 2.27. The first-order chi connectivity index (χ1) is 13.0. The van der Waals surface area contributed by atoms with Crippen LogP contribution in [0.5, 0.6) is 5.75 Å². The van der Waals surface area contributed by atoms with Crippen molar-refractivity contribution >= 4 is 34.8 Å². The van der Waals surface area contributed by atoms with Gasteiger partial charge in [-0.15, -0.1) is 0 Å². The Balaban J connectivity index is 1.72. The second-order valence-electron chi connectivity index (χ2n) is 6.41. The summed E-state index contributed by atoms with van der Waals surface area (Å²) in [6.45, 7) is 3.42. The van der Waals surface area contributed by atoms with Gasteiger partial charge in [-0.05, 0) is 35.7 Å². The Morgan fingerprint density at radius 2 is 2.11 bits per heavy atom. The van der Waals surface area contributed by atoms with E-state index in [1.54, 1.807) is 7.11 Å². The Morgan fingerprint density at radius 1 is 1.37 bits per heavy atom. The minimum absolute atomic E-state index is 0.0441. The molecule has 0 bridgehead atoms. The molecule has 144 valence electrons. The number of nitrogens with one attached hydrogen (secondary N) is 2. The van der Waals surface area contributed by atoms with E-state index in [9.17, 15) is 4.79 Å². The van der Waals surface area contributed by atoms with E-state index in [-0.39, 0.29) is 17.2 Å². The highest BCUT2D eigenvalue weighted by Crippen LogP contribution is 2.31. The van der Waals surface area contributed by atoms with Crippen LogP contribution in [0.4, 0.5) is 17.3 Å². The number of ether oxygens (including phenoxy) is 1. The smallest absolute Gasteiger partial charge is 0.226 e. The zero-order valence-corrected chi connectivity index (χ0v) is 16.1. The second-order valence-corrected chi connectivity index (χ2v) is 6.75. The molecule has 1 aliphatic rings. The van der Waals surface area contributed by atoms with E-state index >= 15 is 0 Å². The Labute approximate surface area is 163 Å². The van der Waals surface area contributed by atoms with Crippen molar-refractivity contribution in [2.45, 2.75) is 25.9 Å². The van der Waals surface area contributed by atoms with Crippen LogP contribution in [0.3, 0.4) is 0 Å². The molecule has 1 aromatic carbocycles. The summed E-state index contributed by atoms with van der Waals surface area (Å²) < 4.78 is 5.16. The van der Waals surface area contributed by atoms with Crippen molar-refractivity contribution in [3.63, 3.8) is 0 Å². The van der Waals surface area contributed by atoms with Gasteiger partial charge in [0.1, 0.15) is 11.4 Å². The first-order valence-corrected chi connectivity index (χ1v) is 9.06. The Kier molecular flexibility index (Phi) is 5.85. The zero-order chi connectivity index (χ0) is 19.4. The normalized spacial score (nSPS) is 16.3. The quantitative estimate of drug-likeness (QED) is 0.648. The van der Waals surface area contributed by atoms with Crippen LogP contribution in [0.2, 0.25) is 5.28 Å². The number of benzene rings is 1. The average molecular weight is 391 g/mol. The molecule has 3 rings (SSSR count). The number of halogens is 1. The maximum atomic E-state index is 11.3. The van der Waals surface area contributed by atoms with Crippen LogP contribution in [0.15, 0.2) is 24.3 Å². The lowest BCUT2D eigenvalue weighted by molar-refractivity contribution is -0.119. The predicted molar refractivity (Wildman–Crippen MR) is 106 cm³/mol. The molecule has 2 aromatic rings. The standard InChI is InChI=1S/C18H23ClN6O2/c1-11(26)22-13-7-8-25(10-13)17-15(20)16(23-18(19)24-17)21-9-12-3-5-14(27-2)6-4-12/h3-6,13H,7-10,20H2,1-2H3,(H,22,26)(H,21,23,24)/t13-/m0/s1. The highest BCUT2D eigenvalue weighted by atomic mass is 35.5. The molecular weight excluding hydrogens is 368 g/mol. The van der Waals surface area contributed by atoms with Crippen molar-refractivity contribution in [1.82, 2.24) is 15.3 Å². The summed E-state index contributed by atoms with van der Waals surface area (Å²) in [5, 5.41) is 6.26. The van der Waals surface area contributed by atoms with E-state index in [1.165, 1.54) is 6.92 Å². The summed E-state index contributed by atoms with van der Waals surface area (Å²) in [5.74, 6) is 1.83. The molecule has 1 amide bonds. The van der Waals surface area contributed by atoms with Gasteiger partial charge in [-0.25, -0.2) is 0 Å². The van der Waals surface area contributed by atoms with Gasteiger partial charge in [0.05, 0.1) is 7.11 Å². The number of nitrogens with zero attached hydrogens (tertiary/aromatic N) is 3. The van der Waals surface area contributed by atoms with E-state index in [0.717, 1.165) is 24.3 Å². The van der Waals surface area contributed by atoms with E-state index in [1.807, 2.05) is 29.2 Å². The first-order valence-electron chi connectivity index (χ1n) is 8.68. The molecule has 2 heterocycles. The fourth-order valence-corrected chi connectivity index (χ4v) is 3.26. The minimum atomic E-state index is -0.0441. The van der Waals surface area contributed by atoms with Gasteiger partial charge in [0.25, 0.3) is 0 Å². The van der Waals surface area contributed by atoms with E-state index in [4.69, 9.17) is 22.1 Å². The summed E-state index contributed by atoms with van der Waals surface area (Å²) in [6, 6.07) is 7.79. The minimum Gasteiger partial charge on any atom is -0.497 e. The van der Waals surface area contributed by atoms with E-state index < -0.39 is 0 Å². The summed E-state index contributed by atoms with van der Waals surface area (Å²) in [5.41, 5.74) is 7.79. The number of rotatable bonds is 6. The third-order valence-electron chi connectivity index (χ3n) is 4.41. The van der Waals surface area contributed by atoms with Gasteiger partial charge in [0, 0.05) is 32.6 Å². The van der Waals surface area contributed by atoms with Crippen LogP contribution in [-0.2, 0) is 11.3 Å². The number of methoxy groups -OCH3 is 1. The zero-order valence-electron chi connectivity index (χ0n) is 15.3. The van der Waals surface area contributed by atoms with Crippen LogP contribution < -0.4 is 26.0 Å². The fourth-order valence-electron chi connectivity index (χ4n) is 3.09. The van der Waals surface area contributed by atoms with Gasteiger partial charge >= 0.3 is 0 Å². The lowest BCUT2D eigenvalue weighted by atomic mass is 10.2. The van der Waals surface area contributed by atoms with Crippen molar-refractivity contribution in [3.8, 4) is 5.75 Å². The number of hydrogen-bond acceptors (Lipinski definition) is 7. The van der Waals surface area contributed by atoms with Crippen molar-refractivity contribution in [3.05, 3.63) is 35.1 Å². The molecule has 0 spiro atoms. The molecule has 9 heteroatoms. The van der Waals surface area contributed by atoms with Crippen LogP contribution >= 0.6 is 11.6 Å². The largest absolute Gasteiger partial charge is 0.497 e. The summed E-state index contributed by atoms with van der Waals surface area (Å²) in [4.78, 5) is 21.8. The van der Waals surface area contributed by atoms with Crippen molar-refractivity contribution in [1.29, 1.82) is 0 Å². The molecule has 0 saturated carbocycles. The number of amides is 1. The summed E-state index contributed by atoms with van der Waals surface area (Å²) in [7, 11) is 1.63. The number of hydrogen-bond donors (Lipinski definition) is 3. The molecule has 1 aromatic heterocycles. The summed E-state index contributed by atoms with van der Waals surface area (Å²) in [6.07, 6.45) is 0.829. The van der Waals surface area contributed by atoms with Crippen LogP contribution in [0.25, 0.3) is 0 Å². The number of carbonyl (C=O) groups is 1. The second kappa shape index (κ2) is 8.30. The Bertz CT molecular complexity index is 814.